The van der Waals surface area contributed by atoms with Crippen molar-refractivity contribution >= 4 is 11.6 Å². The Bertz CT molecular complexity index is 485. The summed E-state index contributed by atoms with van der Waals surface area (Å²) in [5.41, 5.74) is 6.32. The van der Waals surface area contributed by atoms with Gasteiger partial charge in [-0.2, -0.15) is 10.2 Å². The van der Waals surface area contributed by atoms with Crippen LogP contribution in [0, 0.1) is 5.92 Å². The van der Waals surface area contributed by atoms with Gasteiger partial charge in [0.05, 0.1) is 0 Å². The van der Waals surface area contributed by atoms with Crippen molar-refractivity contribution in [3.05, 3.63) is 17.0 Å². The van der Waals surface area contributed by atoms with E-state index in [1.807, 2.05) is 6.92 Å². The Labute approximate surface area is 99.7 Å². The fourth-order valence-electron chi connectivity index (χ4n) is 2.29. The minimum atomic E-state index is -0.190. The van der Waals surface area contributed by atoms with E-state index < -0.39 is 0 Å². The molecule has 2 aliphatic rings. The van der Waals surface area contributed by atoms with Crippen LogP contribution < -0.4 is 5.43 Å². The Balaban J connectivity index is 1.71. The quantitative estimate of drug-likeness (QED) is 0.611. The zero-order valence-electron chi connectivity index (χ0n) is 9.92. The fraction of sp³-hybridized carbons (Fsp3) is 0.583. The molecule has 0 saturated heterocycles. The molecule has 0 bridgehead atoms. The third-order valence-corrected chi connectivity index (χ3v) is 3.52. The maximum Gasteiger partial charge on any atom is 0.292 e. The Kier molecular flexibility index (Phi) is 2.46. The number of amides is 1. The van der Waals surface area contributed by atoms with Gasteiger partial charge in [-0.05, 0) is 44.9 Å². The Morgan fingerprint density at radius 1 is 1.47 bits per heavy atom. The molecule has 0 spiro atoms. The van der Waals surface area contributed by atoms with Crippen molar-refractivity contribution in [2.24, 2.45) is 11.0 Å². The first kappa shape index (κ1) is 10.5. The summed E-state index contributed by atoms with van der Waals surface area (Å²) in [6.07, 6.45) is 5.44. The molecule has 1 fully saturated rings. The van der Waals surface area contributed by atoms with Gasteiger partial charge in [0, 0.05) is 17.0 Å². The number of hydrogen-bond donors (Lipinski definition) is 2. The van der Waals surface area contributed by atoms with Crippen molar-refractivity contribution in [2.75, 3.05) is 0 Å². The fourth-order valence-corrected chi connectivity index (χ4v) is 2.29. The number of rotatable bonds is 3. The summed E-state index contributed by atoms with van der Waals surface area (Å²) in [6.45, 7) is 1.97. The van der Waals surface area contributed by atoms with Gasteiger partial charge in [0.2, 0.25) is 0 Å². The second-order valence-electron chi connectivity index (χ2n) is 4.85. The largest absolute Gasteiger partial charge is 0.292 e. The second kappa shape index (κ2) is 3.98. The Morgan fingerprint density at radius 2 is 2.29 bits per heavy atom. The summed E-state index contributed by atoms with van der Waals surface area (Å²) >= 11 is 0. The Morgan fingerprint density at radius 3 is 3.06 bits per heavy atom. The third kappa shape index (κ3) is 1.97. The first-order valence-corrected chi connectivity index (χ1v) is 6.16. The lowest BCUT2D eigenvalue weighted by atomic mass is 10.2. The molecule has 5 nitrogen and oxygen atoms in total. The highest BCUT2D eigenvalue weighted by Crippen LogP contribution is 2.30. The van der Waals surface area contributed by atoms with E-state index in [2.05, 4.69) is 20.7 Å². The van der Waals surface area contributed by atoms with E-state index >= 15 is 0 Å². The van der Waals surface area contributed by atoms with Gasteiger partial charge >= 0.3 is 0 Å². The van der Waals surface area contributed by atoms with Crippen LogP contribution in [0.5, 0.6) is 0 Å². The van der Waals surface area contributed by atoms with Gasteiger partial charge in [-0.1, -0.05) is 0 Å². The molecule has 1 aromatic heterocycles. The maximum atomic E-state index is 11.9. The predicted octanol–water partition coefficient (Wildman–Crippen LogP) is 1.41. The number of aryl methyl sites for hydroxylation is 1. The van der Waals surface area contributed by atoms with Crippen LogP contribution in [-0.4, -0.2) is 21.8 Å². The van der Waals surface area contributed by atoms with Gasteiger partial charge in [0.25, 0.3) is 5.91 Å². The summed E-state index contributed by atoms with van der Waals surface area (Å²) in [5, 5.41) is 11.1. The van der Waals surface area contributed by atoms with E-state index in [0.717, 1.165) is 36.2 Å². The molecular weight excluding hydrogens is 216 g/mol. The normalized spacial score (nSPS) is 19.2. The number of fused-ring (bicyclic) bond motifs is 1. The van der Waals surface area contributed by atoms with E-state index in [-0.39, 0.29) is 5.91 Å². The zero-order chi connectivity index (χ0) is 11.8. The van der Waals surface area contributed by atoms with E-state index in [1.165, 1.54) is 12.8 Å². The number of hydrogen-bond acceptors (Lipinski definition) is 3. The van der Waals surface area contributed by atoms with Crippen molar-refractivity contribution in [1.29, 1.82) is 0 Å². The predicted molar refractivity (Wildman–Crippen MR) is 63.9 cm³/mol. The molecule has 2 N–H and O–H groups in total. The zero-order valence-corrected chi connectivity index (χ0v) is 9.92. The minimum Gasteiger partial charge on any atom is -0.281 e. The average molecular weight is 232 g/mol. The monoisotopic (exact) mass is 232 g/mol. The number of carbonyl (C=O) groups excluding carboxylic acids is 1. The second-order valence-corrected chi connectivity index (χ2v) is 4.85. The molecule has 0 unspecified atom stereocenters. The number of nitrogens with zero attached hydrogens (tertiary/aromatic N) is 2. The third-order valence-electron chi connectivity index (χ3n) is 3.52. The van der Waals surface area contributed by atoms with Gasteiger partial charge in [-0.15, -0.1) is 0 Å². The molecule has 90 valence electrons. The van der Waals surface area contributed by atoms with E-state index in [4.69, 9.17) is 0 Å². The first-order valence-electron chi connectivity index (χ1n) is 6.16. The lowest BCUT2D eigenvalue weighted by molar-refractivity contribution is 0.0949. The van der Waals surface area contributed by atoms with Gasteiger partial charge in [-0.25, -0.2) is 5.43 Å². The summed E-state index contributed by atoms with van der Waals surface area (Å²) in [4.78, 5) is 11.9. The number of aromatic nitrogens is 2. The number of nitrogens with one attached hydrogen (secondary N) is 2. The van der Waals surface area contributed by atoms with Crippen LogP contribution in [0.1, 0.15) is 47.9 Å². The summed E-state index contributed by atoms with van der Waals surface area (Å²) in [6, 6.07) is 0. The maximum absolute atomic E-state index is 11.9. The summed E-state index contributed by atoms with van der Waals surface area (Å²) in [5.74, 6) is 0.393. The topological polar surface area (TPSA) is 70.1 Å². The van der Waals surface area contributed by atoms with Crippen LogP contribution in [0.15, 0.2) is 5.10 Å². The lowest BCUT2D eigenvalue weighted by Crippen LogP contribution is -2.21. The highest BCUT2D eigenvalue weighted by Gasteiger charge is 2.26. The van der Waals surface area contributed by atoms with Gasteiger partial charge < -0.3 is 0 Å². The summed E-state index contributed by atoms with van der Waals surface area (Å²) in [7, 11) is 0. The van der Waals surface area contributed by atoms with Crippen LogP contribution in [0.25, 0.3) is 0 Å². The molecule has 1 heterocycles. The molecule has 0 aliphatic heterocycles. The van der Waals surface area contributed by atoms with E-state index in [9.17, 15) is 4.79 Å². The highest BCUT2D eigenvalue weighted by atomic mass is 16.2. The van der Waals surface area contributed by atoms with Crippen molar-refractivity contribution in [3.63, 3.8) is 0 Å². The van der Waals surface area contributed by atoms with Crippen molar-refractivity contribution < 1.29 is 4.79 Å². The average Bonchev–Trinajstić information content (AvgIpc) is 2.93. The first-order chi connectivity index (χ1) is 8.25. The minimum absolute atomic E-state index is 0.190. The Hall–Kier alpha value is -1.65. The molecule has 17 heavy (non-hydrogen) atoms. The molecule has 0 atom stereocenters. The van der Waals surface area contributed by atoms with E-state index in [1.54, 1.807) is 0 Å². The standard InChI is InChI=1S/C12H16N4O/c1-7(8-5-6-8)13-16-12(17)11-9-3-2-4-10(9)14-15-11/h8H,2-6H2,1H3,(H,14,15)(H,16,17)/b13-7-. The number of aromatic amines is 1. The van der Waals surface area contributed by atoms with Crippen LogP contribution in [0.2, 0.25) is 0 Å². The number of carbonyl (C=O) groups is 1. The SMILES string of the molecule is C/C(=N/NC(=O)c1n[nH]c2c1CCC2)C1CC1. The molecule has 5 heteroatoms. The molecular formula is C12H16N4O. The van der Waals surface area contributed by atoms with Gasteiger partial charge in [0.1, 0.15) is 0 Å². The molecule has 1 saturated carbocycles. The number of H-pyrrole nitrogens is 1. The molecule has 0 aromatic carbocycles. The molecule has 0 radical (unpaired) electrons. The van der Waals surface area contributed by atoms with Crippen LogP contribution >= 0.6 is 0 Å². The molecule has 2 aliphatic carbocycles. The highest BCUT2D eigenvalue weighted by molar-refractivity contribution is 5.95. The smallest absolute Gasteiger partial charge is 0.281 e. The van der Waals surface area contributed by atoms with Crippen molar-refractivity contribution in [1.82, 2.24) is 15.6 Å². The molecule has 1 amide bonds. The van der Waals surface area contributed by atoms with Crippen LogP contribution in [0.4, 0.5) is 0 Å². The van der Waals surface area contributed by atoms with Crippen LogP contribution in [0.3, 0.4) is 0 Å². The molecule has 3 rings (SSSR count). The van der Waals surface area contributed by atoms with Crippen LogP contribution in [-0.2, 0) is 12.8 Å². The van der Waals surface area contributed by atoms with Crippen molar-refractivity contribution in [2.45, 2.75) is 39.0 Å². The van der Waals surface area contributed by atoms with Crippen molar-refractivity contribution in [3.8, 4) is 0 Å². The lowest BCUT2D eigenvalue weighted by Gasteiger charge is -2.00. The van der Waals surface area contributed by atoms with Gasteiger partial charge in [0.15, 0.2) is 5.69 Å². The van der Waals surface area contributed by atoms with Gasteiger partial charge in [-0.3, -0.25) is 9.89 Å². The molecule has 1 aromatic rings. The summed E-state index contributed by atoms with van der Waals surface area (Å²) < 4.78 is 0. The number of hydrazone groups is 1. The van der Waals surface area contributed by atoms with E-state index in [0.29, 0.717) is 11.6 Å².